The number of benzene rings is 2. The van der Waals surface area contributed by atoms with Crippen molar-refractivity contribution in [2.75, 3.05) is 0 Å². The molecule has 156 valence electrons. The number of rotatable bonds is 9. The molecule has 4 nitrogen and oxygen atoms in total. The van der Waals surface area contributed by atoms with Crippen LogP contribution in [0.2, 0.25) is 5.02 Å². The summed E-state index contributed by atoms with van der Waals surface area (Å²) >= 11 is 6.11. The van der Waals surface area contributed by atoms with Crippen molar-refractivity contribution in [1.82, 2.24) is 10.2 Å². The third-order valence-corrected chi connectivity index (χ3v) is 5.39. The maximum Gasteiger partial charge on any atom is 0.242 e. The molecule has 2 aromatic carbocycles. The van der Waals surface area contributed by atoms with Gasteiger partial charge >= 0.3 is 0 Å². The van der Waals surface area contributed by atoms with Crippen LogP contribution in [0.3, 0.4) is 0 Å². The van der Waals surface area contributed by atoms with E-state index in [4.69, 9.17) is 11.6 Å². The number of hydrogen-bond acceptors (Lipinski definition) is 2. The van der Waals surface area contributed by atoms with Gasteiger partial charge in [-0.1, -0.05) is 60.5 Å². The Balaban J connectivity index is 2.14. The van der Waals surface area contributed by atoms with Gasteiger partial charge in [-0.3, -0.25) is 9.59 Å². The van der Waals surface area contributed by atoms with Crippen molar-refractivity contribution in [2.24, 2.45) is 0 Å². The molecule has 2 aromatic rings. The Morgan fingerprint density at radius 3 is 2.38 bits per heavy atom. The van der Waals surface area contributed by atoms with E-state index in [-0.39, 0.29) is 17.9 Å². The maximum atomic E-state index is 13.1. The van der Waals surface area contributed by atoms with Gasteiger partial charge in [0.2, 0.25) is 11.8 Å². The lowest BCUT2D eigenvalue weighted by atomic mass is 10.1. The molecular weight excluding hydrogens is 384 g/mol. The third-order valence-electron chi connectivity index (χ3n) is 5.16. The Kier molecular flexibility index (Phi) is 8.71. The summed E-state index contributed by atoms with van der Waals surface area (Å²) < 4.78 is 0. The molecule has 0 aliphatic carbocycles. The van der Waals surface area contributed by atoms with Crippen LogP contribution in [0.4, 0.5) is 0 Å². The molecule has 0 radical (unpaired) electrons. The zero-order valence-electron chi connectivity index (χ0n) is 17.7. The van der Waals surface area contributed by atoms with E-state index < -0.39 is 6.04 Å². The van der Waals surface area contributed by atoms with Crippen molar-refractivity contribution in [1.29, 1.82) is 0 Å². The minimum absolute atomic E-state index is 0.0441. The van der Waals surface area contributed by atoms with Gasteiger partial charge in [0.1, 0.15) is 6.04 Å². The molecule has 29 heavy (non-hydrogen) atoms. The summed E-state index contributed by atoms with van der Waals surface area (Å²) in [6, 6.07) is 15.1. The number of aryl methyl sites for hydroxylation is 2. The first-order chi connectivity index (χ1) is 13.8. The Hall–Kier alpha value is -2.33. The van der Waals surface area contributed by atoms with Crippen molar-refractivity contribution < 1.29 is 9.59 Å². The number of nitrogens with one attached hydrogen (secondary N) is 1. The Morgan fingerprint density at radius 2 is 1.76 bits per heavy atom. The maximum absolute atomic E-state index is 13.1. The highest BCUT2D eigenvalue weighted by Gasteiger charge is 2.26. The summed E-state index contributed by atoms with van der Waals surface area (Å²) in [5, 5.41) is 3.60. The van der Waals surface area contributed by atoms with E-state index in [0.717, 1.165) is 17.5 Å². The predicted octanol–water partition coefficient (Wildman–Crippen LogP) is 4.91. The van der Waals surface area contributed by atoms with E-state index in [9.17, 15) is 9.59 Å². The number of hydrogen-bond donors (Lipinski definition) is 1. The van der Waals surface area contributed by atoms with E-state index in [1.165, 1.54) is 5.56 Å². The molecule has 0 aliphatic heterocycles. The topological polar surface area (TPSA) is 49.4 Å². The lowest BCUT2D eigenvalue weighted by Crippen LogP contribution is -2.49. The molecule has 2 unspecified atom stereocenters. The van der Waals surface area contributed by atoms with Crippen LogP contribution in [0.25, 0.3) is 0 Å². The van der Waals surface area contributed by atoms with Gasteiger partial charge in [0.25, 0.3) is 0 Å². The number of nitrogens with zero attached hydrogens (tertiary/aromatic N) is 1. The second-order valence-corrected chi connectivity index (χ2v) is 8.07. The number of carbonyl (C=O) groups excluding carboxylic acids is 2. The molecule has 0 spiro atoms. The van der Waals surface area contributed by atoms with E-state index in [0.29, 0.717) is 24.4 Å². The molecule has 2 amide bonds. The predicted molar refractivity (Wildman–Crippen MR) is 119 cm³/mol. The van der Waals surface area contributed by atoms with Gasteiger partial charge in [0, 0.05) is 24.0 Å². The van der Waals surface area contributed by atoms with Gasteiger partial charge in [-0.25, -0.2) is 0 Å². The molecule has 0 aromatic heterocycles. The smallest absolute Gasteiger partial charge is 0.242 e. The van der Waals surface area contributed by atoms with Crippen molar-refractivity contribution in [3.63, 3.8) is 0 Å². The molecule has 0 saturated heterocycles. The van der Waals surface area contributed by atoms with Crippen molar-refractivity contribution >= 4 is 23.4 Å². The molecule has 0 heterocycles. The van der Waals surface area contributed by atoms with Crippen LogP contribution in [0.15, 0.2) is 48.5 Å². The van der Waals surface area contributed by atoms with Crippen LogP contribution >= 0.6 is 11.6 Å². The third kappa shape index (κ3) is 7.21. The molecular formula is C24H31ClN2O2. The van der Waals surface area contributed by atoms with Crippen LogP contribution in [0.1, 0.15) is 50.3 Å². The highest BCUT2D eigenvalue weighted by molar-refractivity contribution is 6.30. The Labute approximate surface area is 179 Å². The second-order valence-electron chi connectivity index (χ2n) is 7.63. The summed E-state index contributed by atoms with van der Waals surface area (Å²) in [6.07, 6.45) is 1.84. The zero-order valence-corrected chi connectivity index (χ0v) is 18.5. The standard InChI is InChI=1S/C24H31ClN2O2/c1-5-18(3)26-24(29)19(4)27(16-21-7-6-8-22(25)15-21)23(28)14-13-20-11-9-17(2)10-12-20/h6-12,15,18-19H,5,13-14,16H2,1-4H3,(H,26,29). The molecule has 5 heteroatoms. The van der Waals surface area contributed by atoms with Crippen molar-refractivity contribution in [3.05, 3.63) is 70.2 Å². The normalized spacial score (nSPS) is 12.9. The number of halogens is 1. The average molecular weight is 415 g/mol. The van der Waals surface area contributed by atoms with E-state index in [2.05, 4.69) is 5.32 Å². The molecule has 0 aliphatic rings. The minimum atomic E-state index is -0.562. The Morgan fingerprint density at radius 1 is 1.07 bits per heavy atom. The molecule has 0 bridgehead atoms. The van der Waals surface area contributed by atoms with Gasteiger partial charge in [0.15, 0.2) is 0 Å². The SMILES string of the molecule is CCC(C)NC(=O)C(C)N(Cc1cccc(Cl)c1)C(=O)CCc1ccc(C)cc1. The zero-order chi connectivity index (χ0) is 21.4. The van der Waals surface area contributed by atoms with Gasteiger partial charge in [-0.15, -0.1) is 0 Å². The van der Waals surface area contributed by atoms with Crippen molar-refractivity contribution in [3.8, 4) is 0 Å². The van der Waals surface area contributed by atoms with E-state index >= 15 is 0 Å². The molecule has 2 rings (SSSR count). The van der Waals surface area contributed by atoms with Crippen LogP contribution in [-0.2, 0) is 22.6 Å². The number of amides is 2. The van der Waals surface area contributed by atoms with Crippen LogP contribution in [0.5, 0.6) is 0 Å². The van der Waals surface area contributed by atoms with Gasteiger partial charge in [-0.2, -0.15) is 0 Å². The van der Waals surface area contributed by atoms with E-state index in [1.807, 2.05) is 63.2 Å². The lowest BCUT2D eigenvalue weighted by Gasteiger charge is -2.30. The Bertz CT molecular complexity index is 820. The summed E-state index contributed by atoms with van der Waals surface area (Å²) in [4.78, 5) is 27.4. The highest BCUT2D eigenvalue weighted by atomic mass is 35.5. The summed E-state index contributed by atoms with van der Waals surface area (Å²) in [7, 11) is 0. The largest absolute Gasteiger partial charge is 0.352 e. The van der Waals surface area contributed by atoms with Crippen molar-refractivity contribution in [2.45, 2.75) is 65.6 Å². The summed E-state index contributed by atoms with van der Waals surface area (Å²) in [5.41, 5.74) is 3.21. The van der Waals surface area contributed by atoms with Crippen LogP contribution in [0, 0.1) is 6.92 Å². The van der Waals surface area contributed by atoms with E-state index in [1.54, 1.807) is 17.9 Å². The molecule has 2 atom stereocenters. The monoisotopic (exact) mass is 414 g/mol. The van der Waals surface area contributed by atoms with Crippen LogP contribution in [-0.4, -0.2) is 28.8 Å². The summed E-state index contributed by atoms with van der Waals surface area (Å²) in [6.45, 7) is 8.16. The fourth-order valence-corrected chi connectivity index (χ4v) is 3.24. The molecule has 1 N–H and O–H groups in total. The second kappa shape index (κ2) is 11.0. The first kappa shape index (κ1) is 23.0. The highest BCUT2D eigenvalue weighted by Crippen LogP contribution is 2.16. The fraction of sp³-hybridized carbons (Fsp3) is 0.417. The fourth-order valence-electron chi connectivity index (χ4n) is 3.03. The van der Waals surface area contributed by atoms with Gasteiger partial charge in [0.05, 0.1) is 0 Å². The van der Waals surface area contributed by atoms with Gasteiger partial charge in [-0.05, 0) is 56.9 Å². The minimum Gasteiger partial charge on any atom is -0.352 e. The molecule has 0 fully saturated rings. The van der Waals surface area contributed by atoms with Crippen LogP contribution < -0.4 is 5.32 Å². The first-order valence-corrected chi connectivity index (χ1v) is 10.6. The summed E-state index contributed by atoms with van der Waals surface area (Å²) in [5.74, 6) is -0.178. The number of carbonyl (C=O) groups is 2. The van der Waals surface area contributed by atoms with Gasteiger partial charge < -0.3 is 10.2 Å². The molecule has 0 saturated carbocycles. The quantitative estimate of drug-likeness (QED) is 0.633. The lowest BCUT2D eigenvalue weighted by molar-refractivity contribution is -0.140. The first-order valence-electron chi connectivity index (χ1n) is 10.2. The average Bonchev–Trinajstić information content (AvgIpc) is 2.70.